The number of amides is 4. The minimum absolute atomic E-state index is 0.00271. The molecule has 2 rings (SSSR count). The number of hydrogen-bond donors (Lipinski definition) is 4. The third-order valence-corrected chi connectivity index (χ3v) is 6.57. The molecule has 4 N–H and O–H groups in total. The predicted octanol–water partition coefficient (Wildman–Crippen LogP) is 3.00. The van der Waals surface area contributed by atoms with Gasteiger partial charge in [0.05, 0.1) is 22.9 Å². The van der Waals surface area contributed by atoms with E-state index in [0.717, 1.165) is 0 Å². The van der Waals surface area contributed by atoms with Gasteiger partial charge in [0, 0.05) is 22.5 Å². The first-order valence-electron chi connectivity index (χ1n) is 11.6. The zero-order valence-corrected chi connectivity index (χ0v) is 22.4. The highest BCUT2D eigenvalue weighted by molar-refractivity contribution is 7.91. The van der Waals surface area contributed by atoms with Crippen molar-refractivity contribution < 1.29 is 37.1 Å². The van der Waals surface area contributed by atoms with Crippen molar-refractivity contribution in [1.82, 2.24) is 10.6 Å². The van der Waals surface area contributed by atoms with Crippen LogP contribution in [-0.2, 0) is 28.9 Å². The lowest BCUT2D eigenvalue weighted by molar-refractivity contribution is -0.139. The number of carbonyl (C=O) groups excluding carboxylic acids is 4. The van der Waals surface area contributed by atoms with Gasteiger partial charge in [-0.2, -0.15) is 0 Å². The van der Waals surface area contributed by atoms with Gasteiger partial charge in [-0.25, -0.2) is 27.6 Å². The van der Waals surface area contributed by atoms with E-state index < -0.39 is 33.8 Å². The first-order chi connectivity index (χ1) is 18.4. The van der Waals surface area contributed by atoms with Crippen LogP contribution in [0.25, 0.3) is 0 Å². The Hall–Kier alpha value is -4.65. The van der Waals surface area contributed by atoms with E-state index in [1.807, 2.05) is 0 Å². The molecule has 0 aromatic heterocycles. The Kier molecular flexibility index (Phi) is 11.2. The van der Waals surface area contributed by atoms with Gasteiger partial charge >= 0.3 is 24.0 Å². The van der Waals surface area contributed by atoms with Crippen molar-refractivity contribution in [2.24, 2.45) is 0 Å². The fraction of sp³-hybridized carbons (Fsp3) is 0.231. The Balaban J connectivity index is 1.86. The summed E-state index contributed by atoms with van der Waals surface area (Å²) in [6.45, 7) is 10.0. The SMILES string of the molecule is C=C(C)C(=O)OCCNC(=O)Nc1ccc(S(=O)(=O)c2ccc(NC(=O)NCCOC(=O)C(=C)C)cc2)cc1. The lowest BCUT2D eigenvalue weighted by atomic mass is 10.3. The third-order valence-electron chi connectivity index (χ3n) is 4.78. The summed E-state index contributed by atoms with van der Waals surface area (Å²) in [5.74, 6) is -1.11. The predicted molar refractivity (Wildman–Crippen MR) is 144 cm³/mol. The van der Waals surface area contributed by atoms with Crippen LogP contribution in [0.1, 0.15) is 13.8 Å². The zero-order chi connectivity index (χ0) is 29.0. The number of benzene rings is 2. The van der Waals surface area contributed by atoms with Crippen LogP contribution < -0.4 is 21.3 Å². The van der Waals surface area contributed by atoms with E-state index in [0.29, 0.717) is 11.4 Å². The lowest BCUT2D eigenvalue weighted by Crippen LogP contribution is -2.32. The van der Waals surface area contributed by atoms with Crippen LogP contribution in [0, 0.1) is 0 Å². The van der Waals surface area contributed by atoms with Gasteiger partial charge in [-0.05, 0) is 62.4 Å². The molecule has 12 nitrogen and oxygen atoms in total. The molecule has 0 unspecified atom stereocenters. The Morgan fingerprint density at radius 2 is 1.00 bits per heavy atom. The highest BCUT2D eigenvalue weighted by Gasteiger charge is 2.18. The normalized spacial score (nSPS) is 10.5. The summed E-state index contributed by atoms with van der Waals surface area (Å²) in [4.78, 5) is 46.5. The van der Waals surface area contributed by atoms with Crippen molar-refractivity contribution in [3.8, 4) is 0 Å². The molecule has 0 spiro atoms. The molecular weight excluding hydrogens is 528 g/mol. The molecule has 0 aliphatic heterocycles. The monoisotopic (exact) mass is 558 g/mol. The van der Waals surface area contributed by atoms with Crippen molar-refractivity contribution in [3.05, 3.63) is 72.8 Å². The number of esters is 2. The Labute approximate surface area is 226 Å². The van der Waals surface area contributed by atoms with E-state index in [2.05, 4.69) is 34.4 Å². The Morgan fingerprint density at radius 3 is 1.31 bits per heavy atom. The van der Waals surface area contributed by atoms with E-state index >= 15 is 0 Å². The summed E-state index contributed by atoms with van der Waals surface area (Å²) in [5.41, 5.74) is 1.21. The fourth-order valence-corrected chi connectivity index (χ4v) is 4.05. The molecule has 208 valence electrons. The third kappa shape index (κ3) is 9.97. The number of hydrogen-bond acceptors (Lipinski definition) is 8. The second kappa shape index (κ2) is 14.3. The molecule has 0 fully saturated rings. The first-order valence-corrected chi connectivity index (χ1v) is 13.1. The molecule has 0 bridgehead atoms. The van der Waals surface area contributed by atoms with E-state index in [4.69, 9.17) is 9.47 Å². The maximum Gasteiger partial charge on any atom is 0.333 e. The average molecular weight is 559 g/mol. The summed E-state index contributed by atoms with van der Waals surface area (Å²) in [5, 5.41) is 10.1. The molecule has 2 aromatic rings. The number of anilines is 2. The summed E-state index contributed by atoms with van der Waals surface area (Å²) >= 11 is 0. The number of rotatable bonds is 12. The first kappa shape index (κ1) is 30.6. The van der Waals surface area contributed by atoms with Gasteiger partial charge < -0.3 is 30.7 Å². The van der Waals surface area contributed by atoms with E-state index in [9.17, 15) is 27.6 Å². The maximum atomic E-state index is 13.0. The van der Waals surface area contributed by atoms with E-state index in [-0.39, 0.29) is 47.2 Å². The standard InChI is InChI=1S/C26H30N4O8S/c1-17(2)23(31)37-15-13-27-25(33)29-19-5-9-21(10-6-19)39(35,36)22-11-7-20(8-12-22)30-26(34)28-14-16-38-24(32)18(3)4/h5-12H,1,3,13-16H2,2,4H3,(H2,27,29,33)(H2,28,30,34). The van der Waals surface area contributed by atoms with Crippen LogP contribution in [0.4, 0.5) is 21.0 Å². The minimum atomic E-state index is -3.86. The number of urea groups is 2. The topological polar surface area (TPSA) is 169 Å². The molecule has 0 aliphatic carbocycles. The fourth-order valence-electron chi connectivity index (χ4n) is 2.78. The molecule has 0 heterocycles. The van der Waals surface area contributed by atoms with Gasteiger partial charge in [-0.1, -0.05) is 13.2 Å². The molecule has 39 heavy (non-hydrogen) atoms. The smallest absolute Gasteiger partial charge is 0.333 e. The largest absolute Gasteiger partial charge is 0.460 e. The van der Waals surface area contributed by atoms with E-state index in [1.54, 1.807) is 0 Å². The van der Waals surface area contributed by atoms with Crippen LogP contribution >= 0.6 is 0 Å². The van der Waals surface area contributed by atoms with Gasteiger partial charge in [0.1, 0.15) is 13.2 Å². The van der Waals surface area contributed by atoms with Crippen LogP contribution in [0.5, 0.6) is 0 Å². The van der Waals surface area contributed by atoms with Crippen LogP contribution in [-0.4, -0.2) is 58.7 Å². The van der Waals surface area contributed by atoms with E-state index in [1.165, 1.54) is 62.4 Å². The van der Waals surface area contributed by atoms with Crippen molar-refractivity contribution in [2.45, 2.75) is 23.6 Å². The highest BCUT2D eigenvalue weighted by Crippen LogP contribution is 2.23. The van der Waals surface area contributed by atoms with Gasteiger partial charge in [0.2, 0.25) is 9.84 Å². The summed E-state index contributed by atoms with van der Waals surface area (Å²) in [6, 6.07) is 10.00. The molecule has 0 saturated carbocycles. The maximum absolute atomic E-state index is 13.0. The molecule has 0 aliphatic rings. The van der Waals surface area contributed by atoms with Crippen molar-refractivity contribution >= 4 is 45.2 Å². The molecule has 4 amide bonds. The summed E-state index contributed by atoms with van der Waals surface area (Å²) < 4.78 is 35.7. The number of ether oxygens (including phenoxy) is 2. The van der Waals surface area contributed by atoms with Crippen molar-refractivity contribution in [2.75, 3.05) is 36.9 Å². The van der Waals surface area contributed by atoms with Crippen LogP contribution in [0.2, 0.25) is 0 Å². The molecular formula is C26H30N4O8S. The Morgan fingerprint density at radius 1 is 0.667 bits per heavy atom. The average Bonchev–Trinajstić information content (AvgIpc) is 2.89. The van der Waals surface area contributed by atoms with Crippen molar-refractivity contribution in [1.29, 1.82) is 0 Å². The molecule has 0 atom stereocenters. The van der Waals surface area contributed by atoms with Crippen LogP contribution in [0.15, 0.2) is 82.6 Å². The number of nitrogens with one attached hydrogen (secondary N) is 4. The van der Waals surface area contributed by atoms with Gasteiger partial charge in [-0.3, -0.25) is 0 Å². The van der Waals surface area contributed by atoms with Crippen molar-refractivity contribution in [3.63, 3.8) is 0 Å². The minimum Gasteiger partial charge on any atom is -0.460 e. The zero-order valence-electron chi connectivity index (χ0n) is 21.5. The molecule has 0 saturated heterocycles. The Bertz CT molecular complexity index is 1240. The molecule has 13 heteroatoms. The van der Waals surface area contributed by atoms with Gasteiger partial charge in [0.25, 0.3) is 0 Å². The van der Waals surface area contributed by atoms with Gasteiger partial charge in [-0.15, -0.1) is 0 Å². The lowest BCUT2D eigenvalue weighted by Gasteiger charge is -2.10. The van der Waals surface area contributed by atoms with Gasteiger partial charge in [0.15, 0.2) is 0 Å². The molecule has 2 aromatic carbocycles. The summed E-state index contributed by atoms with van der Waals surface area (Å²) in [6.07, 6.45) is 0. The summed E-state index contributed by atoms with van der Waals surface area (Å²) in [7, 11) is -3.86. The highest BCUT2D eigenvalue weighted by atomic mass is 32.2. The number of sulfone groups is 1. The second-order valence-corrected chi connectivity index (χ2v) is 10.1. The number of carbonyl (C=O) groups is 4. The quantitative estimate of drug-likeness (QED) is 0.175. The van der Waals surface area contributed by atoms with Crippen LogP contribution in [0.3, 0.4) is 0 Å². The second-order valence-electron chi connectivity index (χ2n) is 8.15. The molecule has 0 radical (unpaired) electrons.